The van der Waals surface area contributed by atoms with Crippen molar-refractivity contribution in [1.82, 2.24) is 4.90 Å². The quantitative estimate of drug-likeness (QED) is 0.866. The summed E-state index contributed by atoms with van der Waals surface area (Å²) >= 11 is 3.36. The Morgan fingerprint density at radius 2 is 2.11 bits per heavy atom. The summed E-state index contributed by atoms with van der Waals surface area (Å²) in [5.74, 6) is -1.35. The van der Waals surface area contributed by atoms with E-state index in [1.54, 1.807) is 18.2 Å². The van der Waals surface area contributed by atoms with Gasteiger partial charge in [0.2, 0.25) is 0 Å². The fourth-order valence-electron chi connectivity index (χ4n) is 1.58. The van der Waals surface area contributed by atoms with E-state index in [-0.39, 0.29) is 19.0 Å². The van der Waals surface area contributed by atoms with Gasteiger partial charge in [-0.2, -0.15) is 0 Å². The summed E-state index contributed by atoms with van der Waals surface area (Å²) in [6.45, 7) is 2.08. The molecule has 0 aromatic heterocycles. The number of aryl methyl sites for hydroxylation is 1. The molecule has 6 heteroatoms. The third-order valence-corrected chi connectivity index (χ3v) is 3.47. The Morgan fingerprint density at radius 3 is 2.63 bits per heavy atom. The molecule has 0 aliphatic heterocycles. The summed E-state index contributed by atoms with van der Waals surface area (Å²) in [4.78, 5) is 24.3. The first kappa shape index (κ1) is 15.7. The van der Waals surface area contributed by atoms with Crippen LogP contribution in [0.15, 0.2) is 22.7 Å². The van der Waals surface area contributed by atoms with Gasteiger partial charge in [0.25, 0.3) is 5.91 Å². The second-order valence-electron chi connectivity index (χ2n) is 4.08. The van der Waals surface area contributed by atoms with Crippen molar-refractivity contribution in [3.8, 4) is 0 Å². The zero-order valence-electron chi connectivity index (χ0n) is 10.9. The molecule has 1 N–H and O–H groups in total. The second kappa shape index (κ2) is 7.25. The zero-order valence-corrected chi connectivity index (χ0v) is 12.4. The standard InChI is InChI=1S/C13H16BrNO4/c1-9-7-10(3-4-11(9)14)13(18)15(5-6-19-2)8-12(16)17/h3-4,7H,5-6,8H2,1-2H3,(H,16,17). The van der Waals surface area contributed by atoms with E-state index in [2.05, 4.69) is 15.9 Å². The Kier molecular flexibility index (Phi) is 5.98. The molecule has 0 aliphatic rings. The molecule has 0 fully saturated rings. The molecule has 1 rings (SSSR count). The predicted octanol–water partition coefficient (Wildman–Crippen LogP) is 1.93. The lowest BCUT2D eigenvalue weighted by atomic mass is 10.1. The number of benzene rings is 1. The first-order valence-corrected chi connectivity index (χ1v) is 6.51. The smallest absolute Gasteiger partial charge is 0.323 e. The Morgan fingerprint density at radius 1 is 1.42 bits per heavy atom. The van der Waals surface area contributed by atoms with Crippen molar-refractivity contribution in [1.29, 1.82) is 0 Å². The number of ether oxygens (including phenoxy) is 1. The molecule has 1 amide bonds. The van der Waals surface area contributed by atoms with Crippen LogP contribution in [0, 0.1) is 6.92 Å². The van der Waals surface area contributed by atoms with E-state index in [1.165, 1.54) is 12.0 Å². The molecule has 1 aromatic carbocycles. The van der Waals surface area contributed by atoms with Gasteiger partial charge in [-0.1, -0.05) is 15.9 Å². The molecule has 0 heterocycles. The van der Waals surface area contributed by atoms with Gasteiger partial charge in [-0.15, -0.1) is 0 Å². The zero-order chi connectivity index (χ0) is 14.4. The number of rotatable bonds is 6. The molecule has 1 aromatic rings. The third kappa shape index (κ3) is 4.65. The lowest BCUT2D eigenvalue weighted by Crippen LogP contribution is -2.38. The van der Waals surface area contributed by atoms with Crippen molar-refractivity contribution in [2.24, 2.45) is 0 Å². The molecule has 0 saturated carbocycles. The van der Waals surface area contributed by atoms with Gasteiger partial charge in [0.1, 0.15) is 6.54 Å². The van der Waals surface area contributed by atoms with Crippen LogP contribution in [0.4, 0.5) is 0 Å². The summed E-state index contributed by atoms with van der Waals surface area (Å²) in [5, 5.41) is 8.84. The minimum atomic E-state index is -1.04. The van der Waals surface area contributed by atoms with Crippen molar-refractivity contribution in [2.45, 2.75) is 6.92 Å². The average Bonchev–Trinajstić information content (AvgIpc) is 2.36. The summed E-state index contributed by atoms with van der Waals surface area (Å²) in [5.41, 5.74) is 1.39. The van der Waals surface area contributed by atoms with Gasteiger partial charge >= 0.3 is 5.97 Å². The second-order valence-corrected chi connectivity index (χ2v) is 4.93. The minimum Gasteiger partial charge on any atom is -0.480 e. The normalized spacial score (nSPS) is 10.3. The van der Waals surface area contributed by atoms with E-state index in [4.69, 9.17) is 9.84 Å². The largest absolute Gasteiger partial charge is 0.480 e. The number of methoxy groups -OCH3 is 1. The maximum atomic E-state index is 12.2. The Labute approximate surface area is 120 Å². The van der Waals surface area contributed by atoms with Crippen molar-refractivity contribution >= 4 is 27.8 Å². The summed E-state index contributed by atoms with van der Waals surface area (Å²) in [6.07, 6.45) is 0. The number of carbonyl (C=O) groups excluding carboxylic acids is 1. The van der Waals surface area contributed by atoms with E-state index < -0.39 is 5.97 Å². The van der Waals surface area contributed by atoms with Crippen LogP contribution < -0.4 is 0 Å². The molecule has 19 heavy (non-hydrogen) atoms. The predicted molar refractivity (Wildman–Crippen MR) is 74.3 cm³/mol. The summed E-state index contributed by atoms with van der Waals surface area (Å²) < 4.78 is 5.80. The first-order valence-electron chi connectivity index (χ1n) is 5.72. The number of halogens is 1. The van der Waals surface area contributed by atoms with E-state index in [1.807, 2.05) is 6.92 Å². The Balaban J connectivity index is 2.90. The Hall–Kier alpha value is -1.40. The van der Waals surface area contributed by atoms with E-state index in [9.17, 15) is 9.59 Å². The topological polar surface area (TPSA) is 66.8 Å². The third-order valence-electron chi connectivity index (χ3n) is 2.58. The van der Waals surface area contributed by atoms with Crippen molar-refractivity contribution in [3.05, 3.63) is 33.8 Å². The molecule has 104 valence electrons. The molecule has 0 saturated heterocycles. The average molecular weight is 330 g/mol. The molecule has 0 aliphatic carbocycles. The van der Waals surface area contributed by atoms with Gasteiger partial charge in [-0.3, -0.25) is 9.59 Å². The number of carbonyl (C=O) groups is 2. The molecular formula is C13H16BrNO4. The van der Waals surface area contributed by atoms with Crippen LogP contribution in [-0.2, 0) is 9.53 Å². The van der Waals surface area contributed by atoms with Crippen LogP contribution >= 0.6 is 15.9 Å². The fraction of sp³-hybridized carbons (Fsp3) is 0.385. The lowest BCUT2D eigenvalue weighted by Gasteiger charge is -2.20. The molecular weight excluding hydrogens is 314 g/mol. The number of hydrogen-bond acceptors (Lipinski definition) is 3. The van der Waals surface area contributed by atoms with Crippen LogP contribution in [-0.4, -0.2) is 48.7 Å². The van der Waals surface area contributed by atoms with Gasteiger partial charge in [-0.25, -0.2) is 0 Å². The fourth-order valence-corrected chi connectivity index (χ4v) is 1.82. The van der Waals surface area contributed by atoms with E-state index >= 15 is 0 Å². The maximum Gasteiger partial charge on any atom is 0.323 e. The first-order chi connectivity index (χ1) is 8.95. The molecule has 0 unspecified atom stereocenters. The highest BCUT2D eigenvalue weighted by Crippen LogP contribution is 2.18. The summed E-state index contributed by atoms with van der Waals surface area (Å²) in [7, 11) is 1.51. The van der Waals surface area contributed by atoms with E-state index in [0.717, 1.165) is 10.0 Å². The van der Waals surface area contributed by atoms with Crippen LogP contribution in [0.3, 0.4) is 0 Å². The highest BCUT2D eigenvalue weighted by atomic mass is 79.9. The van der Waals surface area contributed by atoms with Gasteiger partial charge in [-0.05, 0) is 30.7 Å². The number of nitrogens with zero attached hydrogens (tertiary/aromatic N) is 1. The number of amides is 1. The highest BCUT2D eigenvalue weighted by molar-refractivity contribution is 9.10. The van der Waals surface area contributed by atoms with Gasteiger partial charge in [0, 0.05) is 23.7 Å². The number of carboxylic acids is 1. The van der Waals surface area contributed by atoms with Crippen molar-refractivity contribution in [2.75, 3.05) is 26.8 Å². The van der Waals surface area contributed by atoms with E-state index in [0.29, 0.717) is 12.2 Å². The van der Waals surface area contributed by atoms with Crippen molar-refractivity contribution in [3.63, 3.8) is 0 Å². The van der Waals surface area contributed by atoms with Gasteiger partial charge < -0.3 is 14.7 Å². The molecule has 0 atom stereocenters. The van der Waals surface area contributed by atoms with Crippen molar-refractivity contribution < 1.29 is 19.4 Å². The molecule has 5 nitrogen and oxygen atoms in total. The van der Waals surface area contributed by atoms with Crippen LogP contribution in [0.2, 0.25) is 0 Å². The molecule has 0 radical (unpaired) electrons. The lowest BCUT2D eigenvalue weighted by molar-refractivity contribution is -0.137. The van der Waals surface area contributed by atoms with Gasteiger partial charge in [0.05, 0.1) is 6.61 Å². The number of aliphatic carboxylic acids is 1. The van der Waals surface area contributed by atoms with Crippen LogP contribution in [0.5, 0.6) is 0 Å². The minimum absolute atomic E-state index is 0.247. The summed E-state index contributed by atoms with van der Waals surface area (Å²) in [6, 6.07) is 5.17. The monoisotopic (exact) mass is 329 g/mol. The number of carboxylic acid groups (broad SMARTS) is 1. The van der Waals surface area contributed by atoms with Crippen LogP contribution in [0.1, 0.15) is 15.9 Å². The van der Waals surface area contributed by atoms with Gasteiger partial charge in [0.15, 0.2) is 0 Å². The molecule has 0 spiro atoms. The number of hydrogen-bond donors (Lipinski definition) is 1. The van der Waals surface area contributed by atoms with Crippen LogP contribution in [0.25, 0.3) is 0 Å². The molecule has 0 bridgehead atoms. The highest BCUT2D eigenvalue weighted by Gasteiger charge is 2.18. The Bertz CT molecular complexity index is 476. The SMILES string of the molecule is COCCN(CC(=O)O)C(=O)c1ccc(Br)c(C)c1. The maximum absolute atomic E-state index is 12.2.